The highest BCUT2D eigenvalue weighted by molar-refractivity contribution is 7.94. The molecule has 0 spiro atoms. The summed E-state index contributed by atoms with van der Waals surface area (Å²) in [7, 11) is 2.77. The number of anilines is 1. The van der Waals surface area contributed by atoms with Crippen LogP contribution in [0.5, 0.6) is 0 Å². The van der Waals surface area contributed by atoms with E-state index >= 15 is 0 Å². The molecule has 0 aliphatic carbocycles. The number of aromatic nitrogens is 4. The molecule has 0 saturated carbocycles. The number of amides is 1. The number of aryl methyl sites for hydroxylation is 1. The van der Waals surface area contributed by atoms with Gasteiger partial charge in [0.05, 0.1) is 17.6 Å². The maximum atomic E-state index is 13.0. The van der Waals surface area contributed by atoms with E-state index in [1.54, 1.807) is 0 Å². The summed E-state index contributed by atoms with van der Waals surface area (Å²) in [6.07, 6.45) is -4.55. The van der Waals surface area contributed by atoms with Gasteiger partial charge in [-0.3, -0.25) is 10.1 Å². The third-order valence-corrected chi connectivity index (χ3v) is 3.83. The second-order valence-electron chi connectivity index (χ2n) is 4.44. The summed E-state index contributed by atoms with van der Waals surface area (Å²) in [4.78, 5) is 12.1. The van der Waals surface area contributed by atoms with Gasteiger partial charge in [0.1, 0.15) is 0 Å². The first-order chi connectivity index (χ1) is 10.8. The van der Waals surface area contributed by atoms with Crippen molar-refractivity contribution in [3.63, 3.8) is 0 Å². The van der Waals surface area contributed by atoms with E-state index in [0.29, 0.717) is 12.0 Å². The number of hydrogen-bond donors (Lipinski definition) is 1. The van der Waals surface area contributed by atoms with Crippen molar-refractivity contribution in [1.82, 2.24) is 20.2 Å². The molecule has 0 radical (unpaired) electrons. The summed E-state index contributed by atoms with van der Waals surface area (Å²) in [5.41, 5.74) is -0.640. The van der Waals surface area contributed by atoms with Crippen molar-refractivity contribution in [2.45, 2.75) is 18.0 Å². The van der Waals surface area contributed by atoms with Gasteiger partial charge in [-0.25, -0.2) is 4.68 Å². The van der Waals surface area contributed by atoms with E-state index in [0.717, 1.165) is 12.1 Å². The van der Waals surface area contributed by atoms with E-state index in [-0.39, 0.29) is 22.0 Å². The molecule has 1 aromatic heterocycles. The van der Waals surface area contributed by atoms with Crippen molar-refractivity contribution in [2.24, 2.45) is 7.05 Å². The Bertz CT molecular complexity index is 732. The molecule has 0 bridgehead atoms. The van der Waals surface area contributed by atoms with Crippen molar-refractivity contribution in [3.05, 3.63) is 28.8 Å². The number of tetrazole rings is 1. The molecule has 11 heteroatoms. The van der Waals surface area contributed by atoms with E-state index in [4.69, 9.17) is 4.18 Å². The van der Waals surface area contributed by atoms with Gasteiger partial charge in [-0.2, -0.15) is 13.2 Å². The number of rotatable bonds is 4. The van der Waals surface area contributed by atoms with E-state index in [1.807, 2.05) is 0 Å². The van der Waals surface area contributed by atoms with Crippen molar-refractivity contribution in [1.29, 1.82) is 0 Å². The molecule has 1 amide bonds. The molecule has 7 nitrogen and oxygen atoms in total. The van der Waals surface area contributed by atoms with Crippen LogP contribution in [0.1, 0.15) is 21.5 Å². The zero-order chi connectivity index (χ0) is 17.2. The molecule has 0 atom stereocenters. The highest BCUT2D eigenvalue weighted by atomic mass is 32.2. The number of benzene rings is 1. The molecular formula is C12H12F3N5O2S. The number of carbonyl (C=O) groups is 1. The summed E-state index contributed by atoms with van der Waals surface area (Å²) in [5, 5.41) is 12.9. The highest BCUT2D eigenvalue weighted by Gasteiger charge is 2.35. The smallest absolute Gasteiger partial charge is 0.314 e. The summed E-state index contributed by atoms with van der Waals surface area (Å²) in [5.74, 6) is -0.540. The number of hydrogen-bond acceptors (Lipinski definition) is 6. The first-order valence-corrected chi connectivity index (χ1v) is 6.95. The minimum atomic E-state index is -4.55. The summed E-state index contributed by atoms with van der Waals surface area (Å²) >= 11 is 0.553. The minimum Gasteiger partial charge on any atom is -0.314 e. The Balaban J connectivity index is 2.42. The number of nitrogens with zero attached hydrogens (tertiary/aromatic N) is 4. The molecule has 0 fully saturated rings. The normalized spacial score (nSPS) is 11.6. The van der Waals surface area contributed by atoms with Crippen molar-refractivity contribution in [2.75, 3.05) is 12.4 Å². The fourth-order valence-electron chi connectivity index (χ4n) is 1.86. The zero-order valence-corrected chi connectivity index (χ0v) is 13.1. The summed E-state index contributed by atoms with van der Waals surface area (Å²) < 4.78 is 45.1. The Morgan fingerprint density at radius 2 is 2.09 bits per heavy atom. The van der Waals surface area contributed by atoms with Gasteiger partial charge in [0.25, 0.3) is 5.91 Å². The fraction of sp³-hybridized carbons (Fsp3) is 0.333. The van der Waals surface area contributed by atoms with Gasteiger partial charge in [-0.1, -0.05) is 5.10 Å². The lowest BCUT2D eigenvalue weighted by molar-refractivity contribution is -0.139. The van der Waals surface area contributed by atoms with Crippen molar-refractivity contribution in [3.8, 4) is 0 Å². The van der Waals surface area contributed by atoms with Gasteiger partial charge in [-0.15, -0.1) is 0 Å². The minimum absolute atomic E-state index is 0.0700. The Morgan fingerprint density at radius 3 is 2.61 bits per heavy atom. The molecule has 2 aromatic rings. The third kappa shape index (κ3) is 3.62. The topological polar surface area (TPSA) is 81.9 Å². The largest absolute Gasteiger partial charge is 0.417 e. The van der Waals surface area contributed by atoms with Crippen LogP contribution < -0.4 is 5.32 Å². The number of carbonyl (C=O) groups excluding carboxylic acids is 1. The monoisotopic (exact) mass is 347 g/mol. The van der Waals surface area contributed by atoms with Crippen LogP contribution in [-0.2, 0) is 17.4 Å². The Labute approximate surface area is 133 Å². The van der Waals surface area contributed by atoms with Gasteiger partial charge in [0, 0.05) is 24.7 Å². The average Bonchev–Trinajstić information content (AvgIpc) is 2.85. The van der Waals surface area contributed by atoms with Crippen LogP contribution in [0.15, 0.2) is 17.0 Å². The second kappa shape index (κ2) is 6.54. The van der Waals surface area contributed by atoms with Gasteiger partial charge in [-0.05, 0) is 35.0 Å². The lowest BCUT2D eigenvalue weighted by Crippen LogP contribution is -2.18. The fourth-order valence-corrected chi connectivity index (χ4v) is 2.53. The number of nitrogens with one attached hydrogen (secondary N) is 1. The Kier molecular flexibility index (Phi) is 4.90. The van der Waals surface area contributed by atoms with E-state index in [9.17, 15) is 18.0 Å². The Hall–Kier alpha value is -2.14. The second-order valence-corrected chi connectivity index (χ2v) is 5.35. The van der Waals surface area contributed by atoms with Crippen LogP contribution in [0.25, 0.3) is 0 Å². The van der Waals surface area contributed by atoms with E-state index < -0.39 is 17.6 Å². The standard InChI is InChI=1S/C12H12F3N5O2S/c1-6-7(10(21)16-11-17-18-19-20(11)2)4-5-8(12(13,14)15)9(6)23-22-3/h4-5H,1-3H3,(H,16,17,19,21). The van der Waals surface area contributed by atoms with E-state index in [1.165, 1.54) is 25.8 Å². The average molecular weight is 347 g/mol. The lowest BCUT2D eigenvalue weighted by atomic mass is 10.0. The first kappa shape index (κ1) is 17.2. The third-order valence-electron chi connectivity index (χ3n) is 2.97. The molecule has 124 valence electrons. The summed E-state index contributed by atoms with van der Waals surface area (Å²) in [6.45, 7) is 1.42. The number of alkyl halides is 3. The molecule has 0 unspecified atom stereocenters. The molecule has 1 aromatic carbocycles. The molecule has 1 N–H and O–H groups in total. The predicted octanol–water partition coefficient (Wildman–Crippen LogP) is 2.44. The van der Waals surface area contributed by atoms with Crippen LogP contribution in [-0.4, -0.2) is 33.2 Å². The molecule has 0 aliphatic heterocycles. The van der Waals surface area contributed by atoms with Gasteiger partial charge >= 0.3 is 6.18 Å². The number of halogens is 3. The van der Waals surface area contributed by atoms with Crippen LogP contribution in [0.4, 0.5) is 19.1 Å². The molecule has 23 heavy (non-hydrogen) atoms. The van der Waals surface area contributed by atoms with Crippen molar-refractivity contribution >= 4 is 23.9 Å². The summed E-state index contributed by atoms with van der Waals surface area (Å²) in [6, 6.07) is 1.95. The first-order valence-electron chi connectivity index (χ1n) is 6.21. The van der Waals surface area contributed by atoms with Gasteiger partial charge < -0.3 is 4.18 Å². The molecule has 1 heterocycles. The SMILES string of the molecule is COSc1c(C(F)(F)F)ccc(C(=O)Nc2nnnn2C)c1C. The van der Waals surface area contributed by atoms with Crippen LogP contribution in [0, 0.1) is 6.92 Å². The van der Waals surface area contributed by atoms with Gasteiger partial charge in [0.2, 0.25) is 5.95 Å². The maximum Gasteiger partial charge on any atom is 0.417 e. The quantitative estimate of drug-likeness (QED) is 0.856. The Morgan fingerprint density at radius 1 is 1.39 bits per heavy atom. The lowest BCUT2D eigenvalue weighted by Gasteiger charge is -2.16. The van der Waals surface area contributed by atoms with Crippen LogP contribution in [0.3, 0.4) is 0 Å². The van der Waals surface area contributed by atoms with Crippen LogP contribution in [0.2, 0.25) is 0 Å². The van der Waals surface area contributed by atoms with Crippen molar-refractivity contribution < 1.29 is 22.1 Å². The highest BCUT2D eigenvalue weighted by Crippen LogP contribution is 2.39. The molecule has 2 rings (SSSR count). The molecule has 0 aliphatic rings. The van der Waals surface area contributed by atoms with Gasteiger partial charge in [0.15, 0.2) is 0 Å². The van der Waals surface area contributed by atoms with Crippen LogP contribution >= 0.6 is 12.0 Å². The van der Waals surface area contributed by atoms with E-state index in [2.05, 4.69) is 20.8 Å². The molecule has 0 saturated heterocycles. The maximum absolute atomic E-state index is 13.0. The molecular weight excluding hydrogens is 335 g/mol. The predicted molar refractivity (Wildman–Crippen MR) is 75.8 cm³/mol. The zero-order valence-electron chi connectivity index (χ0n) is 12.3.